The summed E-state index contributed by atoms with van der Waals surface area (Å²) >= 11 is 0. The lowest BCUT2D eigenvalue weighted by atomic mass is 10.1. The summed E-state index contributed by atoms with van der Waals surface area (Å²) in [6.07, 6.45) is 7.11. The zero-order valence-corrected chi connectivity index (χ0v) is 11.0. The first-order valence-electron chi connectivity index (χ1n) is 6.89. The van der Waals surface area contributed by atoms with E-state index in [9.17, 15) is 4.79 Å². The molecule has 1 rings (SSSR count). The fourth-order valence-electron chi connectivity index (χ4n) is 2.42. The normalized spacial score (nSPS) is 27.8. The van der Waals surface area contributed by atoms with E-state index in [-0.39, 0.29) is 11.9 Å². The number of hydrogen-bond donors (Lipinski definition) is 0. The van der Waals surface area contributed by atoms with E-state index in [0.29, 0.717) is 18.4 Å². The van der Waals surface area contributed by atoms with Crippen LogP contribution in [0.3, 0.4) is 0 Å². The minimum Gasteiger partial charge on any atom is -0.465 e. The highest BCUT2D eigenvalue weighted by Gasteiger charge is 2.51. The van der Waals surface area contributed by atoms with E-state index < -0.39 is 0 Å². The fraction of sp³-hybridized carbons (Fsp3) is 0.929. The molecule has 0 amide bonds. The fourth-order valence-corrected chi connectivity index (χ4v) is 2.42. The van der Waals surface area contributed by atoms with Crippen molar-refractivity contribution in [3.63, 3.8) is 0 Å². The molecule has 0 aromatic heterocycles. The van der Waals surface area contributed by atoms with E-state index in [1.807, 2.05) is 0 Å². The first-order valence-corrected chi connectivity index (χ1v) is 6.89. The molecule has 0 aromatic carbocycles. The van der Waals surface area contributed by atoms with E-state index in [2.05, 4.69) is 20.8 Å². The lowest BCUT2D eigenvalue weighted by Crippen LogP contribution is -2.09. The van der Waals surface area contributed by atoms with Crippen LogP contribution in [-0.2, 0) is 9.53 Å². The van der Waals surface area contributed by atoms with Gasteiger partial charge in [0.1, 0.15) is 0 Å². The monoisotopic (exact) mass is 226 g/mol. The van der Waals surface area contributed by atoms with Crippen LogP contribution < -0.4 is 0 Å². The zero-order valence-electron chi connectivity index (χ0n) is 11.0. The van der Waals surface area contributed by atoms with Crippen LogP contribution in [0.15, 0.2) is 0 Å². The molecule has 0 aromatic rings. The van der Waals surface area contributed by atoms with Crippen molar-refractivity contribution in [1.29, 1.82) is 0 Å². The van der Waals surface area contributed by atoms with Crippen LogP contribution >= 0.6 is 0 Å². The van der Waals surface area contributed by atoms with Crippen LogP contribution in [0.2, 0.25) is 0 Å². The lowest BCUT2D eigenvalue weighted by molar-refractivity contribution is -0.146. The van der Waals surface area contributed by atoms with Crippen LogP contribution in [0.4, 0.5) is 0 Å². The Hall–Kier alpha value is -0.530. The Bertz CT molecular complexity index is 213. The van der Waals surface area contributed by atoms with Gasteiger partial charge in [0.15, 0.2) is 0 Å². The first kappa shape index (κ1) is 13.5. The van der Waals surface area contributed by atoms with Gasteiger partial charge in [-0.25, -0.2) is 0 Å². The maximum Gasteiger partial charge on any atom is 0.309 e. The molecule has 94 valence electrons. The third-order valence-electron chi connectivity index (χ3n) is 3.72. The smallest absolute Gasteiger partial charge is 0.309 e. The summed E-state index contributed by atoms with van der Waals surface area (Å²) in [5, 5.41) is 0. The second-order valence-electron chi connectivity index (χ2n) is 5.07. The van der Waals surface area contributed by atoms with E-state index in [0.717, 1.165) is 12.8 Å². The molecule has 2 heteroatoms. The molecule has 1 saturated carbocycles. The third-order valence-corrected chi connectivity index (χ3v) is 3.72. The largest absolute Gasteiger partial charge is 0.465 e. The van der Waals surface area contributed by atoms with Gasteiger partial charge < -0.3 is 4.74 Å². The quantitative estimate of drug-likeness (QED) is 0.465. The molecule has 0 saturated heterocycles. The summed E-state index contributed by atoms with van der Waals surface area (Å²) in [7, 11) is 0. The molecule has 0 spiro atoms. The second kappa shape index (κ2) is 6.93. The van der Waals surface area contributed by atoms with E-state index in [1.54, 1.807) is 0 Å². The Kier molecular flexibility index (Phi) is 5.86. The number of rotatable bonds is 8. The van der Waals surface area contributed by atoms with Crippen LogP contribution in [0.1, 0.15) is 59.3 Å². The molecule has 0 radical (unpaired) electrons. The summed E-state index contributed by atoms with van der Waals surface area (Å²) in [6, 6.07) is 0. The predicted molar refractivity (Wildman–Crippen MR) is 66.2 cm³/mol. The highest BCUT2D eigenvalue weighted by Crippen LogP contribution is 2.49. The van der Waals surface area contributed by atoms with Crippen LogP contribution in [-0.4, -0.2) is 12.6 Å². The maximum absolute atomic E-state index is 11.7. The predicted octanol–water partition coefficient (Wildman–Crippen LogP) is 3.79. The van der Waals surface area contributed by atoms with Crippen molar-refractivity contribution in [2.24, 2.45) is 17.8 Å². The maximum atomic E-state index is 11.7. The minimum atomic E-state index is 0.0578. The van der Waals surface area contributed by atoms with Gasteiger partial charge in [-0.05, 0) is 24.7 Å². The summed E-state index contributed by atoms with van der Waals surface area (Å²) in [5.74, 6) is 1.45. The molecule has 0 bridgehead atoms. The van der Waals surface area contributed by atoms with Gasteiger partial charge in [0.05, 0.1) is 12.5 Å². The number of unbranched alkanes of at least 4 members (excludes halogenated alkanes) is 3. The van der Waals surface area contributed by atoms with Crippen molar-refractivity contribution < 1.29 is 9.53 Å². The molecule has 0 aliphatic heterocycles. The number of carbonyl (C=O) groups excluding carboxylic acids is 1. The Morgan fingerprint density at radius 2 is 1.81 bits per heavy atom. The van der Waals surface area contributed by atoms with Gasteiger partial charge in [0.2, 0.25) is 0 Å². The summed E-state index contributed by atoms with van der Waals surface area (Å²) in [6.45, 7) is 7.12. The van der Waals surface area contributed by atoms with Gasteiger partial charge in [-0.15, -0.1) is 0 Å². The number of esters is 1. The molecule has 2 nitrogen and oxygen atoms in total. The van der Waals surface area contributed by atoms with Gasteiger partial charge in [-0.2, -0.15) is 0 Å². The average Bonchev–Trinajstić information content (AvgIpc) is 2.90. The zero-order chi connectivity index (χ0) is 12.0. The standard InChI is InChI=1S/C14H26O2/c1-4-6-8-9-12-11(3)13(12)14(15)16-10-7-5-2/h11-13H,4-10H2,1-3H3/t11-,12-,13?/m1/s1. The lowest BCUT2D eigenvalue weighted by Gasteiger charge is -2.03. The highest BCUT2D eigenvalue weighted by atomic mass is 16.5. The van der Waals surface area contributed by atoms with Crippen LogP contribution in [0.5, 0.6) is 0 Å². The minimum absolute atomic E-state index is 0.0578. The van der Waals surface area contributed by atoms with E-state index >= 15 is 0 Å². The second-order valence-corrected chi connectivity index (χ2v) is 5.07. The third kappa shape index (κ3) is 3.80. The summed E-state index contributed by atoms with van der Waals surface area (Å²) in [5.41, 5.74) is 0. The number of ether oxygens (including phenoxy) is 1. The van der Waals surface area contributed by atoms with Crippen molar-refractivity contribution in [3.05, 3.63) is 0 Å². The SMILES string of the molecule is CCCCC[C@H]1C(C(=O)OCCCC)[C@@H]1C. The van der Waals surface area contributed by atoms with Gasteiger partial charge in [-0.1, -0.05) is 46.5 Å². The van der Waals surface area contributed by atoms with Crippen molar-refractivity contribution >= 4 is 5.97 Å². The Morgan fingerprint density at radius 3 is 2.44 bits per heavy atom. The molecule has 16 heavy (non-hydrogen) atoms. The Morgan fingerprint density at radius 1 is 1.12 bits per heavy atom. The molecule has 0 N–H and O–H groups in total. The molecule has 0 heterocycles. The molecule has 1 aliphatic carbocycles. The van der Waals surface area contributed by atoms with Gasteiger partial charge >= 0.3 is 5.97 Å². The topological polar surface area (TPSA) is 26.3 Å². The molecular weight excluding hydrogens is 200 g/mol. The number of hydrogen-bond acceptors (Lipinski definition) is 2. The van der Waals surface area contributed by atoms with Gasteiger partial charge in [0.25, 0.3) is 0 Å². The molecule has 1 aliphatic rings. The Labute approximate surface area is 99.8 Å². The summed E-state index contributed by atoms with van der Waals surface area (Å²) < 4.78 is 5.27. The first-order chi connectivity index (χ1) is 7.72. The Balaban J connectivity index is 2.15. The van der Waals surface area contributed by atoms with Crippen molar-refractivity contribution in [2.45, 2.75) is 59.3 Å². The highest BCUT2D eigenvalue weighted by molar-refractivity contribution is 5.76. The molecule has 1 unspecified atom stereocenters. The van der Waals surface area contributed by atoms with Crippen LogP contribution in [0, 0.1) is 17.8 Å². The summed E-state index contributed by atoms with van der Waals surface area (Å²) in [4.78, 5) is 11.7. The van der Waals surface area contributed by atoms with Crippen molar-refractivity contribution in [1.82, 2.24) is 0 Å². The van der Waals surface area contributed by atoms with E-state index in [4.69, 9.17) is 4.74 Å². The molecule has 1 fully saturated rings. The van der Waals surface area contributed by atoms with Gasteiger partial charge in [-0.3, -0.25) is 4.79 Å². The molecular formula is C14H26O2. The van der Waals surface area contributed by atoms with Crippen LogP contribution in [0.25, 0.3) is 0 Å². The van der Waals surface area contributed by atoms with E-state index in [1.165, 1.54) is 25.7 Å². The average molecular weight is 226 g/mol. The van der Waals surface area contributed by atoms with Gasteiger partial charge in [0, 0.05) is 0 Å². The molecule has 3 atom stereocenters. The van der Waals surface area contributed by atoms with Crippen molar-refractivity contribution in [2.75, 3.05) is 6.61 Å². The number of carbonyl (C=O) groups is 1. The van der Waals surface area contributed by atoms with Crippen molar-refractivity contribution in [3.8, 4) is 0 Å².